The average molecular weight is 340 g/mol. The fourth-order valence-electron chi connectivity index (χ4n) is 2.86. The zero-order valence-corrected chi connectivity index (χ0v) is 15.7. The maximum atomic E-state index is 13.3. The number of nitrogens with zero attached hydrogens (tertiary/aromatic N) is 3. The van der Waals surface area contributed by atoms with Crippen molar-refractivity contribution >= 4 is 11.5 Å². The predicted molar refractivity (Wildman–Crippen MR) is 101 cm³/mol. The predicted octanol–water partition coefficient (Wildman–Crippen LogP) is 4.96. The highest BCUT2D eigenvalue weighted by molar-refractivity contribution is 5.81. The van der Waals surface area contributed by atoms with Crippen LogP contribution in [0.3, 0.4) is 0 Å². The van der Waals surface area contributed by atoms with E-state index in [0.29, 0.717) is 0 Å². The number of fused-ring (bicyclic) bond motifs is 1. The van der Waals surface area contributed by atoms with Crippen molar-refractivity contribution in [1.82, 2.24) is 14.6 Å². The van der Waals surface area contributed by atoms with Crippen molar-refractivity contribution in [3.63, 3.8) is 0 Å². The SMILES string of the molecule is Cc1nn2c(NC(C)C)cc(C(C)(C)C)nc2c1-c1ccc(F)cc1. The molecule has 0 aliphatic carbocycles. The molecule has 1 aromatic carbocycles. The summed E-state index contributed by atoms with van der Waals surface area (Å²) in [4.78, 5) is 4.90. The molecule has 0 aliphatic heterocycles. The van der Waals surface area contributed by atoms with Gasteiger partial charge in [-0.1, -0.05) is 32.9 Å². The van der Waals surface area contributed by atoms with E-state index in [-0.39, 0.29) is 17.3 Å². The van der Waals surface area contributed by atoms with Crippen molar-refractivity contribution < 1.29 is 4.39 Å². The third kappa shape index (κ3) is 3.36. The van der Waals surface area contributed by atoms with Crippen LogP contribution in [0.5, 0.6) is 0 Å². The third-order valence-corrected chi connectivity index (χ3v) is 4.10. The van der Waals surface area contributed by atoms with E-state index >= 15 is 0 Å². The minimum absolute atomic E-state index is 0.0899. The Kier molecular flexibility index (Phi) is 4.27. The van der Waals surface area contributed by atoms with Crippen LogP contribution in [0.2, 0.25) is 0 Å². The van der Waals surface area contributed by atoms with E-state index in [0.717, 1.165) is 34.0 Å². The second-order valence-electron chi connectivity index (χ2n) is 7.78. The molecular weight excluding hydrogens is 315 g/mol. The van der Waals surface area contributed by atoms with E-state index in [4.69, 9.17) is 4.98 Å². The molecule has 2 heterocycles. The molecule has 4 nitrogen and oxygen atoms in total. The van der Waals surface area contributed by atoms with E-state index in [9.17, 15) is 4.39 Å². The highest BCUT2D eigenvalue weighted by atomic mass is 19.1. The molecule has 3 rings (SSSR count). The van der Waals surface area contributed by atoms with Gasteiger partial charge >= 0.3 is 0 Å². The molecule has 0 atom stereocenters. The molecule has 0 saturated carbocycles. The van der Waals surface area contributed by atoms with E-state index < -0.39 is 0 Å². The first-order chi connectivity index (χ1) is 11.7. The molecule has 0 radical (unpaired) electrons. The minimum Gasteiger partial charge on any atom is -0.368 e. The molecule has 0 spiro atoms. The summed E-state index contributed by atoms with van der Waals surface area (Å²) < 4.78 is 15.2. The van der Waals surface area contributed by atoms with Crippen LogP contribution in [0.4, 0.5) is 10.2 Å². The van der Waals surface area contributed by atoms with Crippen molar-refractivity contribution in [2.24, 2.45) is 0 Å². The van der Waals surface area contributed by atoms with E-state index in [1.807, 2.05) is 11.4 Å². The van der Waals surface area contributed by atoms with Crippen LogP contribution >= 0.6 is 0 Å². The zero-order chi connectivity index (χ0) is 18.4. The van der Waals surface area contributed by atoms with Gasteiger partial charge in [-0.15, -0.1) is 0 Å². The highest BCUT2D eigenvalue weighted by Gasteiger charge is 2.22. The number of benzene rings is 1. The Labute approximate surface area is 148 Å². The van der Waals surface area contributed by atoms with Gasteiger partial charge in [-0.05, 0) is 38.5 Å². The average Bonchev–Trinajstić information content (AvgIpc) is 2.83. The van der Waals surface area contributed by atoms with Gasteiger partial charge in [0, 0.05) is 23.1 Å². The first-order valence-corrected chi connectivity index (χ1v) is 8.60. The van der Waals surface area contributed by atoms with Gasteiger partial charge in [0.25, 0.3) is 0 Å². The summed E-state index contributed by atoms with van der Waals surface area (Å²) in [5.41, 5.74) is 4.43. The second kappa shape index (κ2) is 6.14. The largest absolute Gasteiger partial charge is 0.368 e. The van der Waals surface area contributed by atoms with E-state index in [1.54, 1.807) is 12.1 Å². The Hall–Kier alpha value is -2.43. The summed E-state index contributed by atoms with van der Waals surface area (Å²) in [5, 5.41) is 8.15. The van der Waals surface area contributed by atoms with Crippen LogP contribution in [0.25, 0.3) is 16.8 Å². The topological polar surface area (TPSA) is 42.2 Å². The van der Waals surface area contributed by atoms with Crippen LogP contribution in [0.15, 0.2) is 30.3 Å². The molecule has 3 aromatic rings. The molecule has 0 fully saturated rings. The molecule has 0 saturated heterocycles. The van der Waals surface area contributed by atoms with Crippen LogP contribution in [-0.2, 0) is 5.41 Å². The Bertz CT molecular complexity index is 902. The Balaban J connectivity index is 2.31. The lowest BCUT2D eigenvalue weighted by Crippen LogP contribution is -2.19. The van der Waals surface area contributed by atoms with Crippen LogP contribution < -0.4 is 5.32 Å². The second-order valence-corrected chi connectivity index (χ2v) is 7.78. The normalized spacial score (nSPS) is 12.2. The van der Waals surface area contributed by atoms with Gasteiger partial charge in [0.15, 0.2) is 5.65 Å². The van der Waals surface area contributed by atoms with Crippen LogP contribution in [-0.4, -0.2) is 20.6 Å². The van der Waals surface area contributed by atoms with Crippen molar-refractivity contribution in [2.75, 3.05) is 5.32 Å². The van der Waals surface area contributed by atoms with E-state index in [1.165, 1.54) is 12.1 Å². The summed E-state index contributed by atoms with van der Waals surface area (Å²) >= 11 is 0. The molecule has 0 bridgehead atoms. The monoisotopic (exact) mass is 340 g/mol. The third-order valence-electron chi connectivity index (χ3n) is 4.10. The molecular formula is C20H25FN4. The summed E-state index contributed by atoms with van der Waals surface area (Å²) in [6.45, 7) is 12.6. The first kappa shape index (κ1) is 17.4. The lowest BCUT2D eigenvalue weighted by molar-refractivity contribution is 0.568. The van der Waals surface area contributed by atoms with Crippen molar-refractivity contribution in [3.8, 4) is 11.1 Å². The Morgan fingerprint density at radius 1 is 1.12 bits per heavy atom. The number of halogens is 1. The fourth-order valence-corrected chi connectivity index (χ4v) is 2.86. The zero-order valence-electron chi connectivity index (χ0n) is 15.7. The minimum atomic E-state index is -0.247. The molecule has 2 aromatic heterocycles. The van der Waals surface area contributed by atoms with E-state index in [2.05, 4.69) is 51.1 Å². The Morgan fingerprint density at radius 3 is 2.32 bits per heavy atom. The fraction of sp³-hybridized carbons (Fsp3) is 0.400. The van der Waals surface area contributed by atoms with Crippen molar-refractivity contribution in [2.45, 2.75) is 53.0 Å². The number of rotatable bonds is 3. The molecule has 25 heavy (non-hydrogen) atoms. The highest BCUT2D eigenvalue weighted by Crippen LogP contribution is 2.32. The van der Waals surface area contributed by atoms with Gasteiger partial charge in [-0.2, -0.15) is 9.61 Å². The van der Waals surface area contributed by atoms with Crippen molar-refractivity contribution in [3.05, 3.63) is 47.5 Å². The molecule has 0 aliphatic rings. The van der Waals surface area contributed by atoms with Gasteiger partial charge in [-0.25, -0.2) is 9.37 Å². The molecule has 5 heteroatoms. The number of aromatic nitrogens is 3. The summed E-state index contributed by atoms with van der Waals surface area (Å²) in [7, 11) is 0. The van der Waals surface area contributed by atoms with Gasteiger partial charge in [0.2, 0.25) is 0 Å². The number of aryl methyl sites for hydroxylation is 1. The molecule has 132 valence electrons. The lowest BCUT2D eigenvalue weighted by Gasteiger charge is -2.20. The summed E-state index contributed by atoms with van der Waals surface area (Å²) in [6, 6.07) is 8.84. The number of nitrogens with one attached hydrogen (secondary N) is 1. The van der Waals surface area contributed by atoms with Gasteiger partial charge in [0.1, 0.15) is 11.6 Å². The summed E-state index contributed by atoms with van der Waals surface area (Å²) in [6.07, 6.45) is 0. The van der Waals surface area contributed by atoms with Crippen molar-refractivity contribution in [1.29, 1.82) is 0 Å². The smallest absolute Gasteiger partial charge is 0.165 e. The maximum Gasteiger partial charge on any atom is 0.165 e. The maximum absolute atomic E-state index is 13.3. The summed E-state index contributed by atoms with van der Waals surface area (Å²) in [5.74, 6) is 0.671. The number of hydrogen-bond donors (Lipinski definition) is 1. The lowest BCUT2D eigenvalue weighted by atomic mass is 9.91. The van der Waals surface area contributed by atoms with Gasteiger partial charge < -0.3 is 5.32 Å². The quantitative estimate of drug-likeness (QED) is 0.732. The van der Waals surface area contributed by atoms with Gasteiger partial charge in [0.05, 0.1) is 11.4 Å². The number of hydrogen-bond acceptors (Lipinski definition) is 3. The van der Waals surface area contributed by atoms with Crippen LogP contribution in [0, 0.1) is 12.7 Å². The number of anilines is 1. The van der Waals surface area contributed by atoms with Gasteiger partial charge in [-0.3, -0.25) is 0 Å². The molecule has 0 unspecified atom stereocenters. The molecule has 1 N–H and O–H groups in total. The van der Waals surface area contributed by atoms with Crippen LogP contribution in [0.1, 0.15) is 46.0 Å². The standard InChI is InChI=1S/C20H25FN4/c1-12(2)22-17-11-16(20(4,5)6)23-19-18(13(3)24-25(17)19)14-7-9-15(21)10-8-14/h7-12,22H,1-6H3. The Morgan fingerprint density at radius 2 is 1.76 bits per heavy atom. The first-order valence-electron chi connectivity index (χ1n) is 8.60. The molecule has 0 amide bonds.